The van der Waals surface area contributed by atoms with Crippen LogP contribution in [0.3, 0.4) is 0 Å². The number of nitriles is 1. The van der Waals surface area contributed by atoms with Gasteiger partial charge >= 0.3 is 5.97 Å². The summed E-state index contributed by atoms with van der Waals surface area (Å²) >= 11 is 6.78. The lowest BCUT2D eigenvalue weighted by Crippen LogP contribution is -2.43. The fraction of sp³-hybridized carbons (Fsp3) is 0.593. The summed E-state index contributed by atoms with van der Waals surface area (Å²) in [5.74, 6) is -0.0634. The minimum absolute atomic E-state index is 0.0610. The predicted molar refractivity (Wildman–Crippen MR) is 151 cm³/mol. The number of amides is 1. The number of piperidine rings is 1. The van der Waals surface area contributed by atoms with Crippen LogP contribution >= 0.6 is 24.0 Å². The molecule has 0 aromatic carbocycles. The lowest BCUT2D eigenvalue weighted by molar-refractivity contribution is -0.148. The van der Waals surface area contributed by atoms with Crippen molar-refractivity contribution in [3.05, 3.63) is 31.9 Å². The van der Waals surface area contributed by atoms with Gasteiger partial charge in [0.05, 0.1) is 17.4 Å². The highest BCUT2D eigenvalue weighted by molar-refractivity contribution is 8.26. The molecule has 37 heavy (non-hydrogen) atoms. The number of aromatic nitrogens is 1. The topological polar surface area (TPSA) is 95.6 Å². The van der Waals surface area contributed by atoms with Crippen LogP contribution in [0.15, 0.2) is 9.70 Å². The van der Waals surface area contributed by atoms with Crippen LogP contribution in [-0.4, -0.2) is 51.9 Å². The summed E-state index contributed by atoms with van der Waals surface area (Å²) in [6, 6.07) is 2.06. The third kappa shape index (κ3) is 6.27. The summed E-state index contributed by atoms with van der Waals surface area (Å²) in [7, 11) is 0. The van der Waals surface area contributed by atoms with Gasteiger partial charge in [0.15, 0.2) is 0 Å². The maximum atomic E-state index is 13.3. The highest BCUT2D eigenvalue weighted by Gasteiger charge is 2.34. The summed E-state index contributed by atoms with van der Waals surface area (Å²) < 4.78 is 7.38. The second-order valence-corrected chi connectivity index (χ2v) is 11.0. The molecular formula is C27H36N4O4S2. The molecule has 2 fully saturated rings. The Morgan fingerprint density at radius 2 is 2.00 bits per heavy atom. The molecule has 0 bridgehead atoms. The van der Waals surface area contributed by atoms with E-state index < -0.39 is 0 Å². The largest absolute Gasteiger partial charge is 0.466 e. The maximum Gasteiger partial charge on any atom is 0.310 e. The third-order valence-electron chi connectivity index (χ3n) is 6.89. The summed E-state index contributed by atoms with van der Waals surface area (Å²) in [6.45, 7) is 9.84. The average Bonchev–Trinajstić information content (AvgIpc) is 3.15. The Labute approximate surface area is 228 Å². The number of hydrogen-bond acceptors (Lipinski definition) is 8. The van der Waals surface area contributed by atoms with E-state index in [4.69, 9.17) is 17.0 Å². The van der Waals surface area contributed by atoms with E-state index in [9.17, 15) is 19.6 Å². The second kappa shape index (κ2) is 13.2. The molecule has 1 amide bonds. The number of thioether (sulfide) groups is 1. The normalized spacial score (nSPS) is 19.0. The van der Waals surface area contributed by atoms with Crippen LogP contribution in [0.25, 0.3) is 6.08 Å². The van der Waals surface area contributed by atoms with Crippen molar-refractivity contribution in [1.29, 1.82) is 5.26 Å². The van der Waals surface area contributed by atoms with Crippen molar-refractivity contribution >= 4 is 52.1 Å². The number of ether oxygens (including phenoxy) is 1. The molecule has 1 aromatic heterocycles. The van der Waals surface area contributed by atoms with E-state index in [0.717, 1.165) is 32.1 Å². The van der Waals surface area contributed by atoms with Gasteiger partial charge in [0.1, 0.15) is 21.8 Å². The van der Waals surface area contributed by atoms with E-state index in [-0.39, 0.29) is 28.9 Å². The molecule has 1 aromatic rings. The highest BCUT2D eigenvalue weighted by atomic mass is 32.2. The van der Waals surface area contributed by atoms with Crippen molar-refractivity contribution < 1.29 is 14.3 Å². The Hall–Kier alpha value is -2.64. The molecule has 2 saturated heterocycles. The van der Waals surface area contributed by atoms with Gasteiger partial charge in [-0.1, -0.05) is 50.2 Å². The Morgan fingerprint density at radius 1 is 1.24 bits per heavy atom. The van der Waals surface area contributed by atoms with Gasteiger partial charge < -0.3 is 9.64 Å². The minimum atomic E-state index is -0.364. The van der Waals surface area contributed by atoms with Crippen molar-refractivity contribution in [2.45, 2.75) is 72.8 Å². The van der Waals surface area contributed by atoms with Crippen molar-refractivity contribution in [2.75, 3.05) is 31.1 Å². The first kappa shape index (κ1) is 28.9. The lowest BCUT2D eigenvalue weighted by Gasteiger charge is -2.36. The lowest BCUT2D eigenvalue weighted by atomic mass is 9.96. The molecule has 8 nitrogen and oxygen atoms in total. The zero-order valence-corrected chi connectivity index (χ0v) is 23.8. The fourth-order valence-electron chi connectivity index (χ4n) is 4.92. The van der Waals surface area contributed by atoms with Gasteiger partial charge in [-0.2, -0.15) is 5.26 Å². The smallest absolute Gasteiger partial charge is 0.310 e. The minimum Gasteiger partial charge on any atom is -0.466 e. The van der Waals surface area contributed by atoms with Gasteiger partial charge in [-0.15, -0.1) is 0 Å². The molecule has 0 radical (unpaired) electrons. The SMILES string of the molecule is CCCCCCN1C(=O)C(=Cc2c(C)c(C#N)c(=O)n(CC)c2N2CCCC(C(=O)OCC)C2)SC1=S. The van der Waals surface area contributed by atoms with E-state index in [1.54, 1.807) is 29.4 Å². The van der Waals surface area contributed by atoms with Crippen LogP contribution in [0.2, 0.25) is 0 Å². The molecular weight excluding hydrogens is 508 g/mol. The first-order chi connectivity index (χ1) is 17.8. The standard InChI is InChI=1S/C27H36N4O4S2/c1-5-8-9-10-14-31-25(33)22(37-27(31)36)15-20-18(4)21(16-28)24(32)30(6-2)23(20)29-13-11-12-19(17-29)26(34)35-7-3/h15,19H,5-14,17H2,1-4H3. The number of anilines is 1. The number of rotatable bonds is 10. The Balaban J connectivity index is 2.07. The average molecular weight is 545 g/mol. The molecule has 2 aliphatic rings. The third-order valence-corrected chi connectivity index (χ3v) is 8.27. The highest BCUT2D eigenvalue weighted by Crippen LogP contribution is 2.37. The number of nitrogens with zero attached hydrogens (tertiary/aromatic N) is 4. The number of esters is 1. The zero-order valence-electron chi connectivity index (χ0n) is 22.2. The predicted octanol–water partition coefficient (Wildman–Crippen LogP) is 4.61. The molecule has 3 rings (SSSR count). The molecule has 0 aliphatic carbocycles. The Kier molecular flexibility index (Phi) is 10.4. The van der Waals surface area contributed by atoms with Crippen LogP contribution in [0.1, 0.15) is 76.0 Å². The number of carbonyl (C=O) groups excluding carboxylic acids is 2. The summed E-state index contributed by atoms with van der Waals surface area (Å²) in [4.78, 5) is 43.3. The van der Waals surface area contributed by atoms with Crippen LogP contribution in [0.5, 0.6) is 0 Å². The fourth-order valence-corrected chi connectivity index (χ4v) is 6.21. The summed E-state index contributed by atoms with van der Waals surface area (Å²) in [5, 5.41) is 9.80. The molecule has 1 unspecified atom stereocenters. The van der Waals surface area contributed by atoms with Crippen molar-refractivity contribution in [3.63, 3.8) is 0 Å². The number of carbonyl (C=O) groups is 2. The Bertz CT molecular complexity index is 1180. The molecule has 0 N–H and O–H groups in total. The van der Waals surface area contributed by atoms with Crippen molar-refractivity contribution in [1.82, 2.24) is 9.47 Å². The van der Waals surface area contributed by atoms with Crippen LogP contribution < -0.4 is 10.5 Å². The Morgan fingerprint density at radius 3 is 2.65 bits per heavy atom. The molecule has 0 spiro atoms. The van der Waals surface area contributed by atoms with E-state index in [2.05, 4.69) is 13.0 Å². The molecule has 0 saturated carbocycles. The zero-order chi connectivity index (χ0) is 27.1. The first-order valence-corrected chi connectivity index (χ1v) is 14.4. The van der Waals surface area contributed by atoms with Crippen LogP contribution in [-0.2, 0) is 20.9 Å². The van der Waals surface area contributed by atoms with Crippen molar-refractivity contribution in [3.8, 4) is 6.07 Å². The molecule has 3 heterocycles. The summed E-state index contributed by atoms with van der Waals surface area (Å²) in [6.07, 6.45) is 7.41. The van der Waals surface area contributed by atoms with Gasteiger partial charge in [-0.25, -0.2) is 0 Å². The van der Waals surface area contributed by atoms with E-state index in [0.29, 0.717) is 65.4 Å². The van der Waals surface area contributed by atoms with Crippen LogP contribution in [0, 0.1) is 24.2 Å². The van der Waals surface area contributed by atoms with E-state index >= 15 is 0 Å². The van der Waals surface area contributed by atoms with E-state index in [1.165, 1.54) is 11.8 Å². The van der Waals surface area contributed by atoms with Gasteiger partial charge in [-0.3, -0.25) is 23.9 Å². The van der Waals surface area contributed by atoms with Gasteiger partial charge in [0, 0.05) is 31.7 Å². The van der Waals surface area contributed by atoms with Gasteiger partial charge in [-0.05, 0) is 51.7 Å². The van der Waals surface area contributed by atoms with E-state index in [1.807, 2.05) is 11.8 Å². The first-order valence-electron chi connectivity index (χ1n) is 13.1. The van der Waals surface area contributed by atoms with Gasteiger partial charge in [0.25, 0.3) is 11.5 Å². The number of pyridine rings is 1. The molecule has 200 valence electrons. The second-order valence-electron chi connectivity index (χ2n) is 9.33. The number of thiocarbonyl (C=S) groups is 1. The maximum absolute atomic E-state index is 13.3. The molecule has 10 heteroatoms. The summed E-state index contributed by atoms with van der Waals surface area (Å²) in [5.41, 5.74) is 0.870. The van der Waals surface area contributed by atoms with Crippen LogP contribution in [0.4, 0.5) is 5.82 Å². The number of unbranched alkanes of at least 4 members (excludes halogenated alkanes) is 3. The monoisotopic (exact) mass is 544 g/mol. The molecule has 1 atom stereocenters. The molecule has 2 aliphatic heterocycles. The number of hydrogen-bond donors (Lipinski definition) is 0. The quantitative estimate of drug-likeness (QED) is 0.182. The van der Waals surface area contributed by atoms with Gasteiger partial charge in [0.2, 0.25) is 0 Å². The van der Waals surface area contributed by atoms with Crippen molar-refractivity contribution in [2.24, 2.45) is 5.92 Å².